The molecule has 0 radical (unpaired) electrons. The van der Waals surface area contributed by atoms with E-state index in [9.17, 15) is 5.11 Å². The number of aromatic nitrogens is 2. The van der Waals surface area contributed by atoms with Crippen LogP contribution in [0.2, 0.25) is 0 Å². The Labute approximate surface area is 109 Å². The fourth-order valence-electron chi connectivity index (χ4n) is 2.10. The largest absolute Gasteiger partial charge is 0.393 e. The van der Waals surface area contributed by atoms with E-state index in [1.165, 1.54) is 0 Å². The van der Waals surface area contributed by atoms with Crippen LogP contribution in [0, 0.1) is 5.92 Å². The molecule has 4 N–H and O–H groups in total. The maximum Gasteiger partial charge on any atom is 0.170 e. The van der Waals surface area contributed by atoms with Crippen LogP contribution in [0.3, 0.4) is 0 Å². The van der Waals surface area contributed by atoms with Crippen LogP contribution in [0.1, 0.15) is 25.7 Å². The van der Waals surface area contributed by atoms with Gasteiger partial charge >= 0.3 is 0 Å². The highest BCUT2D eigenvalue weighted by molar-refractivity contribution is 9.10. The van der Waals surface area contributed by atoms with E-state index in [4.69, 9.17) is 5.73 Å². The van der Waals surface area contributed by atoms with Crippen molar-refractivity contribution in [3.63, 3.8) is 0 Å². The minimum atomic E-state index is -0.109. The molecule has 0 amide bonds. The number of halogens is 1. The minimum absolute atomic E-state index is 0.109. The zero-order chi connectivity index (χ0) is 12.3. The molecule has 0 spiro atoms. The fourth-order valence-corrected chi connectivity index (χ4v) is 2.38. The number of aliphatic hydroxyl groups excluding tert-OH is 1. The molecule has 17 heavy (non-hydrogen) atoms. The average molecular weight is 301 g/mol. The van der Waals surface area contributed by atoms with E-state index in [2.05, 4.69) is 31.2 Å². The molecule has 6 heteroatoms. The van der Waals surface area contributed by atoms with Crippen molar-refractivity contribution in [2.24, 2.45) is 5.92 Å². The molecule has 1 fully saturated rings. The number of nitrogen functional groups attached to an aromatic ring is 1. The normalized spacial score (nSPS) is 24.6. The molecule has 1 aromatic rings. The molecule has 5 nitrogen and oxygen atoms in total. The number of nitrogens with zero attached hydrogens (tertiary/aromatic N) is 2. The third kappa shape index (κ3) is 3.54. The van der Waals surface area contributed by atoms with Gasteiger partial charge in [-0.25, -0.2) is 9.97 Å². The summed E-state index contributed by atoms with van der Waals surface area (Å²) in [6, 6.07) is 0. The van der Waals surface area contributed by atoms with Gasteiger partial charge in [-0.15, -0.1) is 0 Å². The molecule has 0 saturated heterocycles. The van der Waals surface area contributed by atoms with Crippen LogP contribution < -0.4 is 11.1 Å². The van der Waals surface area contributed by atoms with E-state index in [0.29, 0.717) is 22.2 Å². The van der Waals surface area contributed by atoms with E-state index in [1.54, 1.807) is 6.20 Å². The topological polar surface area (TPSA) is 84.1 Å². The Balaban J connectivity index is 1.87. The predicted molar refractivity (Wildman–Crippen MR) is 70.6 cm³/mol. The highest BCUT2D eigenvalue weighted by Crippen LogP contribution is 2.25. The van der Waals surface area contributed by atoms with E-state index < -0.39 is 0 Å². The van der Waals surface area contributed by atoms with Gasteiger partial charge in [0.15, 0.2) is 11.6 Å². The summed E-state index contributed by atoms with van der Waals surface area (Å²) in [7, 11) is 0. The van der Waals surface area contributed by atoms with Crippen LogP contribution in [-0.4, -0.2) is 27.7 Å². The van der Waals surface area contributed by atoms with Crippen molar-refractivity contribution in [1.82, 2.24) is 9.97 Å². The SMILES string of the molecule is Nc1ncc(Br)nc1NC[C@H]1CC[C@H](O)CC1. The molecule has 2 rings (SSSR count). The van der Waals surface area contributed by atoms with Crippen molar-refractivity contribution >= 4 is 27.6 Å². The first-order valence-electron chi connectivity index (χ1n) is 5.85. The number of aliphatic hydroxyl groups is 1. The van der Waals surface area contributed by atoms with Crippen LogP contribution in [0.4, 0.5) is 11.6 Å². The Hall–Kier alpha value is -0.880. The smallest absolute Gasteiger partial charge is 0.170 e. The summed E-state index contributed by atoms with van der Waals surface area (Å²) < 4.78 is 0.674. The second-order valence-electron chi connectivity index (χ2n) is 4.48. The Morgan fingerprint density at radius 2 is 2.12 bits per heavy atom. The minimum Gasteiger partial charge on any atom is -0.393 e. The molecule has 1 aliphatic carbocycles. The number of nitrogens with one attached hydrogen (secondary N) is 1. The molecule has 1 aliphatic rings. The van der Waals surface area contributed by atoms with Crippen molar-refractivity contribution in [2.75, 3.05) is 17.6 Å². The molecule has 1 heterocycles. The van der Waals surface area contributed by atoms with Crippen LogP contribution in [0.15, 0.2) is 10.8 Å². The molecular weight excluding hydrogens is 284 g/mol. The third-order valence-electron chi connectivity index (χ3n) is 3.15. The van der Waals surface area contributed by atoms with Crippen LogP contribution in [-0.2, 0) is 0 Å². The number of rotatable bonds is 3. The number of hydrogen-bond acceptors (Lipinski definition) is 5. The van der Waals surface area contributed by atoms with Crippen LogP contribution >= 0.6 is 15.9 Å². The molecule has 0 atom stereocenters. The second-order valence-corrected chi connectivity index (χ2v) is 5.29. The first kappa shape index (κ1) is 12.6. The monoisotopic (exact) mass is 300 g/mol. The van der Waals surface area contributed by atoms with Gasteiger partial charge in [0, 0.05) is 6.54 Å². The zero-order valence-corrected chi connectivity index (χ0v) is 11.2. The first-order valence-corrected chi connectivity index (χ1v) is 6.64. The second kappa shape index (κ2) is 5.64. The summed E-state index contributed by atoms with van der Waals surface area (Å²) in [5, 5.41) is 12.7. The van der Waals surface area contributed by atoms with Crippen LogP contribution in [0.25, 0.3) is 0 Å². The van der Waals surface area contributed by atoms with Gasteiger partial charge in [-0.1, -0.05) is 0 Å². The lowest BCUT2D eigenvalue weighted by molar-refractivity contribution is 0.111. The Morgan fingerprint density at radius 3 is 2.82 bits per heavy atom. The van der Waals surface area contributed by atoms with Gasteiger partial charge in [-0.2, -0.15) is 0 Å². The summed E-state index contributed by atoms with van der Waals surface area (Å²) in [4.78, 5) is 8.26. The molecule has 0 bridgehead atoms. The molecule has 0 unspecified atom stereocenters. The molecular formula is C11H17BrN4O. The summed E-state index contributed by atoms with van der Waals surface area (Å²) in [5.41, 5.74) is 5.73. The quantitative estimate of drug-likeness (QED) is 0.792. The number of nitrogens with two attached hydrogens (primary N) is 1. The van der Waals surface area contributed by atoms with E-state index in [0.717, 1.165) is 32.2 Å². The highest BCUT2D eigenvalue weighted by atomic mass is 79.9. The van der Waals surface area contributed by atoms with Gasteiger partial charge in [0.2, 0.25) is 0 Å². The van der Waals surface area contributed by atoms with Crippen LogP contribution in [0.5, 0.6) is 0 Å². The van der Waals surface area contributed by atoms with Gasteiger partial charge < -0.3 is 16.2 Å². The van der Waals surface area contributed by atoms with Gasteiger partial charge in [-0.3, -0.25) is 0 Å². The maximum atomic E-state index is 9.42. The van der Waals surface area contributed by atoms with Crippen molar-refractivity contribution in [2.45, 2.75) is 31.8 Å². The predicted octanol–water partition coefficient (Wildman–Crippen LogP) is 1.78. The maximum absolute atomic E-state index is 9.42. The Morgan fingerprint density at radius 1 is 1.41 bits per heavy atom. The van der Waals surface area contributed by atoms with Gasteiger partial charge in [0.25, 0.3) is 0 Å². The zero-order valence-electron chi connectivity index (χ0n) is 9.56. The summed E-state index contributed by atoms with van der Waals surface area (Å²) in [5.74, 6) is 1.63. The average Bonchev–Trinajstić information content (AvgIpc) is 2.32. The lowest BCUT2D eigenvalue weighted by atomic mass is 9.87. The van der Waals surface area contributed by atoms with E-state index in [1.807, 2.05) is 0 Å². The molecule has 1 saturated carbocycles. The molecule has 0 aromatic carbocycles. The summed E-state index contributed by atoms with van der Waals surface area (Å²) in [6.07, 6.45) is 5.36. The first-order chi connectivity index (χ1) is 8.15. The number of anilines is 2. The molecule has 1 aromatic heterocycles. The fraction of sp³-hybridized carbons (Fsp3) is 0.636. The van der Waals surface area contributed by atoms with E-state index >= 15 is 0 Å². The summed E-state index contributed by atoms with van der Waals surface area (Å²) in [6.45, 7) is 0.835. The Bertz CT molecular complexity index is 380. The third-order valence-corrected chi connectivity index (χ3v) is 3.53. The summed E-state index contributed by atoms with van der Waals surface area (Å²) >= 11 is 3.27. The number of hydrogen-bond donors (Lipinski definition) is 3. The van der Waals surface area contributed by atoms with Crippen molar-refractivity contribution in [1.29, 1.82) is 0 Å². The van der Waals surface area contributed by atoms with Crippen molar-refractivity contribution in [3.05, 3.63) is 10.8 Å². The Kier molecular flexibility index (Phi) is 4.17. The van der Waals surface area contributed by atoms with Crippen molar-refractivity contribution in [3.8, 4) is 0 Å². The van der Waals surface area contributed by atoms with Crippen molar-refractivity contribution < 1.29 is 5.11 Å². The highest BCUT2D eigenvalue weighted by Gasteiger charge is 2.19. The lowest BCUT2D eigenvalue weighted by Gasteiger charge is -2.25. The van der Waals surface area contributed by atoms with Gasteiger partial charge in [0.1, 0.15) is 4.60 Å². The molecule has 94 valence electrons. The van der Waals surface area contributed by atoms with Gasteiger partial charge in [-0.05, 0) is 47.5 Å². The molecule has 0 aliphatic heterocycles. The van der Waals surface area contributed by atoms with E-state index in [-0.39, 0.29) is 6.10 Å². The standard InChI is InChI=1S/C11H17BrN4O/c12-9-6-14-10(13)11(16-9)15-5-7-1-3-8(17)4-2-7/h6-8,17H,1-5H2,(H2,13,14)(H,15,16)/t7-,8-. The van der Waals surface area contributed by atoms with Gasteiger partial charge in [0.05, 0.1) is 12.3 Å². The lowest BCUT2D eigenvalue weighted by Crippen LogP contribution is -2.24.